The highest BCUT2D eigenvalue weighted by Crippen LogP contribution is 2.18. The Bertz CT molecular complexity index is 605. The van der Waals surface area contributed by atoms with E-state index in [1.807, 2.05) is 6.92 Å². The molecule has 4 nitrogen and oxygen atoms in total. The minimum atomic E-state index is 0.756. The van der Waals surface area contributed by atoms with Crippen molar-refractivity contribution in [3.8, 4) is 0 Å². The summed E-state index contributed by atoms with van der Waals surface area (Å²) in [5.41, 5.74) is 1.27. The lowest BCUT2D eigenvalue weighted by Crippen LogP contribution is -2.37. The molecule has 0 fully saturated rings. The second-order valence-electron chi connectivity index (χ2n) is 5.04. The molecule has 118 valence electrons. The van der Waals surface area contributed by atoms with Crippen molar-refractivity contribution in [1.29, 1.82) is 0 Å². The van der Waals surface area contributed by atoms with Crippen LogP contribution in [-0.4, -0.2) is 32.8 Å². The Morgan fingerprint density at radius 1 is 1.09 bits per heavy atom. The highest BCUT2D eigenvalue weighted by atomic mass is 16.5. The molecule has 0 aliphatic rings. The second kappa shape index (κ2) is 9.05. The van der Waals surface area contributed by atoms with E-state index < -0.39 is 0 Å². The fourth-order valence-electron chi connectivity index (χ4n) is 2.37. The van der Waals surface area contributed by atoms with E-state index in [-0.39, 0.29) is 0 Å². The lowest BCUT2D eigenvalue weighted by atomic mass is 10.0. The standard InChI is InChI=1S/C18H25N3O/c1-3-22-13-7-12-20-18(19-2)21-14-16-10-6-9-15-8-4-5-11-17(15)16/h4-6,8-11H,3,7,12-14H2,1-2H3,(H2,19,20,21). The molecular weight excluding hydrogens is 274 g/mol. The highest BCUT2D eigenvalue weighted by Gasteiger charge is 2.02. The lowest BCUT2D eigenvalue weighted by molar-refractivity contribution is 0.145. The van der Waals surface area contributed by atoms with Crippen molar-refractivity contribution in [3.05, 3.63) is 48.0 Å². The Kier molecular flexibility index (Phi) is 6.71. The number of nitrogens with zero attached hydrogens (tertiary/aromatic N) is 1. The van der Waals surface area contributed by atoms with Gasteiger partial charge in [-0.05, 0) is 29.7 Å². The first-order chi connectivity index (χ1) is 10.8. The molecule has 0 aliphatic carbocycles. The Balaban J connectivity index is 1.87. The van der Waals surface area contributed by atoms with Crippen molar-refractivity contribution in [2.24, 2.45) is 4.99 Å². The number of rotatable bonds is 7. The van der Waals surface area contributed by atoms with Gasteiger partial charge in [-0.3, -0.25) is 4.99 Å². The third kappa shape index (κ3) is 4.74. The SMILES string of the molecule is CCOCCCNC(=NC)NCc1cccc2ccccc12. The van der Waals surface area contributed by atoms with Gasteiger partial charge < -0.3 is 15.4 Å². The van der Waals surface area contributed by atoms with Crippen LogP contribution in [0.1, 0.15) is 18.9 Å². The largest absolute Gasteiger partial charge is 0.382 e. The Morgan fingerprint density at radius 2 is 1.91 bits per heavy atom. The number of hydrogen-bond acceptors (Lipinski definition) is 2. The van der Waals surface area contributed by atoms with Gasteiger partial charge in [-0.15, -0.1) is 0 Å². The normalized spacial score (nSPS) is 11.6. The number of ether oxygens (including phenoxy) is 1. The van der Waals surface area contributed by atoms with Crippen LogP contribution >= 0.6 is 0 Å². The van der Waals surface area contributed by atoms with Crippen LogP contribution in [0.15, 0.2) is 47.5 Å². The van der Waals surface area contributed by atoms with Gasteiger partial charge in [0, 0.05) is 33.4 Å². The van der Waals surface area contributed by atoms with Crippen LogP contribution in [0.3, 0.4) is 0 Å². The van der Waals surface area contributed by atoms with E-state index in [2.05, 4.69) is 58.1 Å². The zero-order valence-electron chi connectivity index (χ0n) is 13.4. The molecule has 2 aromatic rings. The van der Waals surface area contributed by atoms with Crippen LogP contribution in [0, 0.1) is 0 Å². The van der Waals surface area contributed by atoms with Crippen molar-refractivity contribution >= 4 is 16.7 Å². The summed E-state index contributed by atoms with van der Waals surface area (Å²) in [5, 5.41) is 9.22. The topological polar surface area (TPSA) is 45.6 Å². The van der Waals surface area contributed by atoms with Crippen LogP contribution in [0.5, 0.6) is 0 Å². The molecule has 0 aliphatic heterocycles. The average Bonchev–Trinajstić information content (AvgIpc) is 2.57. The van der Waals surface area contributed by atoms with Crippen molar-refractivity contribution in [1.82, 2.24) is 10.6 Å². The summed E-state index contributed by atoms with van der Waals surface area (Å²) in [6.45, 7) is 5.18. The summed E-state index contributed by atoms with van der Waals surface area (Å²) >= 11 is 0. The Labute approximate surface area is 132 Å². The molecule has 0 unspecified atom stereocenters. The first kappa shape index (κ1) is 16.3. The van der Waals surface area contributed by atoms with Gasteiger partial charge in [0.15, 0.2) is 5.96 Å². The predicted octanol–water partition coefficient (Wildman–Crippen LogP) is 2.93. The number of nitrogens with one attached hydrogen (secondary N) is 2. The van der Waals surface area contributed by atoms with E-state index >= 15 is 0 Å². The van der Waals surface area contributed by atoms with Crippen molar-refractivity contribution in [2.45, 2.75) is 19.9 Å². The van der Waals surface area contributed by atoms with E-state index in [1.54, 1.807) is 7.05 Å². The number of guanidine groups is 1. The minimum absolute atomic E-state index is 0.756. The first-order valence-electron chi connectivity index (χ1n) is 7.84. The molecule has 0 atom stereocenters. The zero-order valence-corrected chi connectivity index (χ0v) is 13.4. The van der Waals surface area contributed by atoms with E-state index in [4.69, 9.17) is 4.74 Å². The molecule has 0 aromatic heterocycles. The van der Waals surface area contributed by atoms with Gasteiger partial charge in [0.25, 0.3) is 0 Å². The quantitative estimate of drug-likeness (QED) is 0.469. The Hall–Kier alpha value is -2.07. The number of fused-ring (bicyclic) bond motifs is 1. The fraction of sp³-hybridized carbons (Fsp3) is 0.389. The molecule has 4 heteroatoms. The molecule has 0 radical (unpaired) electrons. The van der Waals surface area contributed by atoms with Gasteiger partial charge in [-0.25, -0.2) is 0 Å². The molecule has 2 aromatic carbocycles. The van der Waals surface area contributed by atoms with Gasteiger partial charge in [0.2, 0.25) is 0 Å². The number of aliphatic imine (C=N–C) groups is 1. The van der Waals surface area contributed by atoms with Gasteiger partial charge >= 0.3 is 0 Å². The molecule has 0 amide bonds. The van der Waals surface area contributed by atoms with Crippen LogP contribution in [-0.2, 0) is 11.3 Å². The van der Waals surface area contributed by atoms with E-state index in [1.165, 1.54) is 16.3 Å². The van der Waals surface area contributed by atoms with Gasteiger partial charge in [0.1, 0.15) is 0 Å². The zero-order chi connectivity index (χ0) is 15.6. The van der Waals surface area contributed by atoms with Crippen LogP contribution < -0.4 is 10.6 Å². The van der Waals surface area contributed by atoms with Crippen LogP contribution in [0.4, 0.5) is 0 Å². The summed E-state index contributed by atoms with van der Waals surface area (Å²) in [6, 6.07) is 14.8. The Morgan fingerprint density at radius 3 is 2.73 bits per heavy atom. The monoisotopic (exact) mass is 299 g/mol. The maximum absolute atomic E-state index is 5.33. The van der Waals surface area contributed by atoms with Crippen molar-refractivity contribution < 1.29 is 4.74 Å². The van der Waals surface area contributed by atoms with Gasteiger partial charge in [-0.2, -0.15) is 0 Å². The third-order valence-corrected chi connectivity index (χ3v) is 3.51. The van der Waals surface area contributed by atoms with Crippen molar-refractivity contribution in [2.75, 3.05) is 26.8 Å². The van der Waals surface area contributed by atoms with Gasteiger partial charge in [0.05, 0.1) is 0 Å². The van der Waals surface area contributed by atoms with Crippen molar-refractivity contribution in [3.63, 3.8) is 0 Å². The summed E-state index contributed by atoms with van der Waals surface area (Å²) in [6.07, 6.45) is 0.975. The lowest BCUT2D eigenvalue weighted by Gasteiger charge is -2.13. The summed E-state index contributed by atoms with van der Waals surface area (Å²) in [7, 11) is 1.79. The molecule has 2 N–H and O–H groups in total. The van der Waals surface area contributed by atoms with Crippen LogP contribution in [0.25, 0.3) is 10.8 Å². The summed E-state index contributed by atoms with van der Waals surface area (Å²) in [4.78, 5) is 4.25. The minimum Gasteiger partial charge on any atom is -0.382 e. The highest BCUT2D eigenvalue weighted by molar-refractivity contribution is 5.86. The number of benzene rings is 2. The maximum Gasteiger partial charge on any atom is 0.191 e. The maximum atomic E-state index is 5.33. The number of hydrogen-bond donors (Lipinski definition) is 2. The fourth-order valence-corrected chi connectivity index (χ4v) is 2.37. The van der Waals surface area contributed by atoms with E-state index in [9.17, 15) is 0 Å². The van der Waals surface area contributed by atoms with Crippen LogP contribution in [0.2, 0.25) is 0 Å². The molecule has 0 bridgehead atoms. The van der Waals surface area contributed by atoms with Gasteiger partial charge in [-0.1, -0.05) is 42.5 Å². The smallest absolute Gasteiger partial charge is 0.191 e. The first-order valence-corrected chi connectivity index (χ1v) is 7.84. The molecule has 2 rings (SSSR count). The molecule has 22 heavy (non-hydrogen) atoms. The average molecular weight is 299 g/mol. The molecular formula is C18H25N3O. The summed E-state index contributed by atoms with van der Waals surface area (Å²) < 4.78 is 5.33. The molecule has 0 heterocycles. The molecule has 0 spiro atoms. The van der Waals surface area contributed by atoms with E-state index in [0.717, 1.165) is 38.7 Å². The molecule has 0 saturated carbocycles. The second-order valence-corrected chi connectivity index (χ2v) is 5.04. The third-order valence-electron chi connectivity index (χ3n) is 3.51. The molecule has 0 saturated heterocycles. The van der Waals surface area contributed by atoms with E-state index in [0.29, 0.717) is 0 Å². The predicted molar refractivity (Wildman–Crippen MR) is 93.3 cm³/mol. The summed E-state index contributed by atoms with van der Waals surface area (Å²) in [5.74, 6) is 0.824.